The average Bonchev–Trinajstić information content (AvgIpc) is 2.95. The smallest absolute Gasteiger partial charge is 0.303 e. The van der Waals surface area contributed by atoms with Crippen LogP contribution in [0.2, 0.25) is 0 Å². The number of carbonyl (C=O) groups is 2. The first-order valence-corrected chi connectivity index (χ1v) is 13.0. The van der Waals surface area contributed by atoms with Gasteiger partial charge in [-0.05, 0) is 55.9 Å². The number of carbonyl (C=O) groups excluding carboxylic acids is 1. The van der Waals surface area contributed by atoms with Gasteiger partial charge in [0.15, 0.2) is 0 Å². The third kappa shape index (κ3) is 5.85. The van der Waals surface area contributed by atoms with Crippen LogP contribution in [-0.2, 0) is 11.2 Å². The van der Waals surface area contributed by atoms with Crippen LogP contribution in [0, 0.1) is 0 Å². The lowest BCUT2D eigenvalue weighted by atomic mass is 9.90. The van der Waals surface area contributed by atoms with E-state index in [2.05, 4.69) is 24.3 Å². The zero-order valence-corrected chi connectivity index (χ0v) is 20.8. The Labute approximate surface area is 217 Å². The summed E-state index contributed by atoms with van der Waals surface area (Å²) in [5, 5.41) is 8.99. The molecular weight excluding hydrogens is 462 g/mol. The van der Waals surface area contributed by atoms with Crippen molar-refractivity contribution < 1.29 is 14.7 Å². The molecule has 1 atom stereocenters. The molecule has 1 amide bonds. The van der Waals surface area contributed by atoms with Gasteiger partial charge in [-0.15, -0.1) is 0 Å². The third-order valence-corrected chi connectivity index (χ3v) is 7.06. The van der Waals surface area contributed by atoms with Crippen LogP contribution in [0.1, 0.15) is 59.6 Å². The van der Waals surface area contributed by atoms with Crippen molar-refractivity contribution in [1.82, 2.24) is 14.9 Å². The maximum Gasteiger partial charge on any atom is 0.303 e. The number of aryl methyl sites for hydroxylation is 1. The molecule has 1 fully saturated rings. The maximum absolute atomic E-state index is 13.5. The average molecular weight is 494 g/mol. The Morgan fingerprint density at radius 2 is 1.65 bits per heavy atom. The molecule has 37 heavy (non-hydrogen) atoms. The molecule has 0 radical (unpaired) electrons. The normalized spacial score (nSPS) is 15.6. The summed E-state index contributed by atoms with van der Waals surface area (Å²) < 4.78 is 0. The van der Waals surface area contributed by atoms with Gasteiger partial charge in [0.1, 0.15) is 0 Å². The molecule has 0 saturated carbocycles. The van der Waals surface area contributed by atoms with Crippen molar-refractivity contribution in [2.45, 2.75) is 44.4 Å². The van der Waals surface area contributed by atoms with Gasteiger partial charge in [-0.3, -0.25) is 9.59 Å². The van der Waals surface area contributed by atoms with Crippen molar-refractivity contribution in [3.63, 3.8) is 0 Å². The molecule has 1 aliphatic rings. The molecule has 5 rings (SSSR count). The number of unbranched alkanes of at least 4 members (excludes halogenated alkanes) is 1. The second-order valence-electron chi connectivity index (χ2n) is 9.69. The van der Waals surface area contributed by atoms with E-state index in [1.807, 2.05) is 59.5 Å². The highest BCUT2D eigenvalue weighted by Crippen LogP contribution is 2.29. The van der Waals surface area contributed by atoms with Crippen LogP contribution < -0.4 is 0 Å². The third-order valence-electron chi connectivity index (χ3n) is 7.06. The van der Waals surface area contributed by atoms with Gasteiger partial charge in [0.2, 0.25) is 0 Å². The molecule has 4 aromatic rings. The van der Waals surface area contributed by atoms with Crippen LogP contribution >= 0.6 is 0 Å². The van der Waals surface area contributed by atoms with E-state index in [1.165, 1.54) is 5.56 Å². The van der Waals surface area contributed by atoms with Crippen LogP contribution in [0.5, 0.6) is 0 Å². The number of hydrogen-bond donors (Lipinski definition) is 1. The fourth-order valence-corrected chi connectivity index (χ4v) is 5.14. The fraction of sp³-hybridized carbons (Fsp3) is 0.290. The number of carboxylic acid groups (broad SMARTS) is 1. The number of aromatic nitrogens is 2. The summed E-state index contributed by atoms with van der Waals surface area (Å²) >= 11 is 0. The molecule has 1 N–H and O–H groups in total. The molecule has 6 nitrogen and oxygen atoms in total. The topological polar surface area (TPSA) is 83.4 Å². The van der Waals surface area contributed by atoms with E-state index in [4.69, 9.17) is 15.1 Å². The van der Waals surface area contributed by atoms with E-state index in [0.717, 1.165) is 41.9 Å². The van der Waals surface area contributed by atoms with Gasteiger partial charge in [0.05, 0.1) is 22.4 Å². The minimum atomic E-state index is -0.789. The largest absolute Gasteiger partial charge is 0.481 e. The molecule has 0 aliphatic carbocycles. The zero-order chi connectivity index (χ0) is 25.6. The number of benzene rings is 3. The number of carboxylic acids is 1. The van der Waals surface area contributed by atoms with Gasteiger partial charge in [-0.25, -0.2) is 9.97 Å². The van der Waals surface area contributed by atoms with Gasteiger partial charge >= 0.3 is 5.97 Å². The lowest BCUT2D eigenvalue weighted by Crippen LogP contribution is -2.39. The molecule has 2 heterocycles. The highest BCUT2D eigenvalue weighted by Gasteiger charge is 2.26. The number of amides is 1. The van der Waals surface area contributed by atoms with Crippen LogP contribution in [-0.4, -0.2) is 44.9 Å². The molecule has 1 aliphatic heterocycles. The summed E-state index contributed by atoms with van der Waals surface area (Å²) in [4.78, 5) is 36.3. The highest BCUT2D eigenvalue weighted by atomic mass is 16.4. The van der Waals surface area contributed by atoms with Crippen LogP contribution in [0.25, 0.3) is 22.3 Å². The second-order valence-corrected chi connectivity index (χ2v) is 9.69. The summed E-state index contributed by atoms with van der Waals surface area (Å²) in [6, 6.07) is 25.9. The van der Waals surface area contributed by atoms with Gasteiger partial charge in [0.25, 0.3) is 5.91 Å². The summed E-state index contributed by atoms with van der Waals surface area (Å²) in [6.07, 6.45) is 4.13. The van der Waals surface area contributed by atoms with Crippen molar-refractivity contribution in [2.24, 2.45) is 0 Å². The monoisotopic (exact) mass is 493 g/mol. The lowest BCUT2D eigenvalue weighted by molar-refractivity contribution is -0.137. The first-order valence-electron chi connectivity index (χ1n) is 13.0. The molecule has 1 aromatic heterocycles. The summed E-state index contributed by atoms with van der Waals surface area (Å²) in [6.45, 7) is 1.47. The standard InChI is InChI=1S/C31H31N3O3/c35-29(36)16-8-7-15-27-30(23-12-5-2-6-13-23)33-26-18-17-24(20-28(26)32-27)31(37)34-19-9-14-25(21-34)22-10-3-1-4-11-22/h1-6,10-13,17-18,20,25H,7-9,14-16,19,21H2,(H,35,36). The zero-order valence-electron chi connectivity index (χ0n) is 20.8. The van der Waals surface area contributed by atoms with E-state index < -0.39 is 5.97 Å². The first-order chi connectivity index (χ1) is 18.1. The number of piperidine rings is 1. The van der Waals surface area contributed by atoms with Crippen LogP contribution in [0.3, 0.4) is 0 Å². The Balaban J connectivity index is 1.41. The molecule has 6 heteroatoms. The van der Waals surface area contributed by atoms with Crippen molar-refractivity contribution >= 4 is 22.9 Å². The minimum absolute atomic E-state index is 0.0273. The van der Waals surface area contributed by atoms with Crippen molar-refractivity contribution in [1.29, 1.82) is 0 Å². The van der Waals surface area contributed by atoms with Gasteiger partial charge in [0, 0.05) is 36.6 Å². The van der Waals surface area contributed by atoms with Crippen molar-refractivity contribution in [3.05, 3.63) is 95.7 Å². The van der Waals surface area contributed by atoms with Crippen molar-refractivity contribution in [3.8, 4) is 11.3 Å². The number of aliphatic carboxylic acids is 1. The SMILES string of the molecule is O=C(O)CCCCc1nc2cc(C(=O)N3CCCC(c4ccccc4)C3)ccc2nc1-c1ccccc1. The minimum Gasteiger partial charge on any atom is -0.481 e. The predicted octanol–water partition coefficient (Wildman–Crippen LogP) is 6.11. The Morgan fingerprint density at radius 3 is 2.41 bits per heavy atom. The lowest BCUT2D eigenvalue weighted by Gasteiger charge is -2.33. The molecular formula is C31H31N3O3. The number of fused-ring (bicyclic) bond motifs is 1. The molecule has 0 spiro atoms. The first kappa shape index (κ1) is 24.6. The Morgan fingerprint density at radius 1 is 0.892 bits per heavy atom. The Hall–Kier alpha value is -4.06. The van der Waals surface area contributed by atoms with Gasteiger partial charge in [-0.1, -0.05) is 60.7 Å². The molecule has 1 unspecified atom stereocenters. The van der Waals surface area contributed by atoms with Crippen molar-refractivity contribution in [2.75, 3.05) is 13.1 Å². The quantitative estimate of drug-likeness (QED) is 0.299. The molecule has 1 saturated heterocycles. The molecule has 3 aromatic carbocycles. The van der Waals surface area contributed by atoms with Gasteiger partial charge < -0.3 is 10.0 Å². The number of hydrogen-bond acceptors (Lipinski definition) is 4. The Bertz CT molecular complexity index is 1390. The fourth-order valence-electron chi connectivity index (χ4n) is 5.14. The summed E-state index contributed by atoms with van der Waals surface area (Å²) in [7, 11) is 0. The molecule has 0 bridgehead atoms. The maximum atomic E-state index is 13.5. The number of rotatable bonds is 8. The van der Waals surface area contributed by atoms with E-state index in [0.29, 0.717) is 42.8 Å². The van der Waals surface area contributed by atoms with E-state index >= 15 is 0 Å². The van der Waals surface area contributed by atoms with E-state index in [9.17, 15) is 9.59 Å². The van der Waals surface area contributed by atoms with E-state index in [-0.39, 0.29) is 12.3 Å². The van der Waals surface area contributed by atoms with Gasteiger partial charge in [-0.2, -0.15) is 0 Å². The summed E-state index contributed by atoms with van der Waals surface area (Å²) in [5.41, 5.74) is 5.96. The van der Waals surface area contributed by atoms with E-state index in [1.54, 1.807) is 0 Å². The second kappa shape index (κ2) is 11.3. The molecule has 188 valence electrons. The Kier molecular flexibility index (Phi) is 7.54. The van der Waals surface area contributed by atoms with Crippen LogP contribution in [0.15, 0.2) is 78.9 Å². The predicted molar refractivity (Wildman–Crippen MR) is 144 cm³/mol. The highest BCUT2D eigenvalue weighted by molar-refractivity contribution is 5.97. The van der Waals surface area contributed by atoms with Crippen LogP contribution in [0.4, 0.5) is 0 Å². The summed E-state index contributed by atoms with van der Waals surface area (Å²) in [5.74, 6) is -0.410. The number of likely N-dealkylation sites (tertiary alicyclic amines) is 1. The number of nitrogens with zero attached hydrogens (tertiary/aromatic N) is 3.